The highest BCUT2D eigenvalue weighted by atomic mass is 16.5. The van der Waals surface area contributed by atoms with E-state index in [-0.39, 0.29) is 19.4 Å². The largest absolute Gasteiger partial charge is 0.481 e. The van der Waals surface area contributed by atoms with Crippen molar-refractivity contribution < 1.29 is 29.3 Å². The van der Waals surface area contributed by atoms with Crippen LogP contribution in [0, 0.1) is 13.8 Å². The number of carboxylic acids is 2. The van der Waals surface area contributed by atoms with Gasteiger partial charge in [-0.15, -0.1) is 0 Å². The molecular formula is C37H45N5O6. The molecule has 0 fully saturated rings. The van der Waals surface area contributed by atoms with E-state index in [4.69, 9.17) is 9.97 Å². The van der Waals surface area contributed by atoms with E-state index < -0.39 is 17.8 Å². The van der Waals surface area contributed by atoms with Crippen LogP contribution in [0.1, 0.15) is 98.4 Å². The van der Waals surface area contributed by atoms with E-state index >= 15 is 0 Å². The van der Waals surface area contributed by atoms with E-state index in [0.29, 0.717) is 24.2 Å². The van der Waals surface area contributed by atoms with Gasteiger partial charge >= 0.3 is 11.9 Å². The maximum absolute atomic E-state index is 11.5. The highest BCUT2D eigenvalue weighted by molar-refractivity contribution is 5.96. The number of rotatable bonds is 10. The number of carboxylic acid groups (broad SMARTS) is 2. The van der Waals surface area contributed by atoms with Gasteiger partial charge in [0.15, 0.2) is 0 Å². The van der Waals surface area contributed by atoms with Crippen LogP contribution in [0.5, 0.6) is 0 Å². The molecule has 8 bridgehead atoms. The number of primary amides is 1. The zero-order chi connectivity index (χ0) is 35.3. The maximum Gasteiger partial charge on any atom is 0.303 e. The minimum atomic E-state index is -0.869. The molecule has 48 heavy (non-hydrogen) atoms. The first-order valence-corrected chi connectivity index (χ1v) is 16.1. The predicted molar refractivity (Wildman–Crippen MR) is 189 cm³/mol. The number of fused-ring (bicyclic) bond motifs is 8. The fourth-order valence-corrected chi connectivity index (χ4v) is 6.36. The van der Waals surface area contributed by atoms with Crippen LogP contribution in [0.4, 0.5) is 0 Å². The van der Waals surface area contributed by atoms with E-state index in [1.165, 1.54) is 23.8 Å². The first-order chi connectivity index (χ1) is 22.8. The number of methoxy groups -OCH3 is 1. The smallest absolute Gasteiger partial charge is 0.303 e. The van der Waals surface area contributed by atoms with Crippen molar-refractivity contribution in [3.05, 3.63) is 69.3 Å². The van der Waals surface area contributed by atoms with Crippen molar-refractivity contribution in [1.29, 1.82) is 0 Å². The van der Waals surface area contributed by atoms with Gasteiger partial charge in [-0.3, -0.25) is 14.4 Å². The Morgan fingerprint density at radius 1 is 0.688 bits per heavy atom. The van der Waals surface area contributed by atoms with Crippen molar-refractivity contribution in [2.75, 3.05) is 13.7 Å². The maximum atomic E-state index is 11.5. The lowest BCUT2D eigenvalue weighted by Gasteiger charge is -2.05. The lowest BCUT2D eigenvalue weighted by molar-refractivity contribution is -0.137. The Kier molecular flexibility index (Phi) is 11.4. The van der Waals surface area contributed by atoms with Crippen molar-refractivity contribution in [1.82, 2.24) is 19.9 Å². The Hall–Kier alpha value is -5.03. The Morgan fingerprint density at radius 2 is 1.10 bits per heavy atom. The molecule has 3 aromatic rings. The van der Waals surface area contributed by atoms with Gasteiger partial charge in [-0.2, -0.15) is 0 Å². The van der Waals surface area contributed by atoms with Crippen molar-refractivity contribution in [3.63, 3.8) is 0 Å². The first kappa shape index (κ1) is 35.8. The van der Waals surface area contributed by atoms with Gasteiger partial charge in [-0.1, -0.05) is 13.8 Å². The molecule has 0 aromatic carbocycles. The highest BCUT2D eigenvalue weighted by Crippen LogP contribution is 2.38. The molecular weight excluding hydrogens is 610 g/mol. The molecule has 2 aliphatic rings. The molecule has 6 N–H and O–H groups in total. The van der Waals surface area contributed by atoms with Crippen molar-refractivity contribution in [2.24, 2.45) is 5.73 Å². The summed E-state index contributed by atoms with van der Waals surface area (Å²) in [5.74, 6) is -2.17. The first-order valence-electron chi connectivity index (χ1n) is 16.1. The minimum Gasteiger partial charge on any atom is -0.481 e. The van der Waals surface area contributed by atoms with Gasteiger partial charge in [-0.05, 0) is 122 Å². The van der Waals surface area contributed by atoms with Crippen LogP contribution in [0.25, 0.3) is 44.4 Å². The minimum absolute atomic E-state index is 0.0138. The summed E-state index contributed by atoms with van der Waals surface area (Å²) < 4.78 is 4.33. The van der Waals surface area contributed by atoms with E-state index in [1.54, 1.807) is 0 Å². The van der Waals surface area contributed by atoms with Crippen molar-refractivity contribution in [3.8, 4) is 0 Å². The quantitative estimate of drug-likeness (QED) is 0.158. The number of hydrogen-bond donors (Lipinski definition) is 5. The number of allylic oxidation sites excluding steroid dienone is 4. The second-order valence-corrected chi connectivity index (χ2v) is 12.1. The molecule has 0 spiro atoms. The molecule has 254 valence electrons. The van der Waals surface area contributed by atoms with Crippen LogP contribution < -0.4 is 5.73 Å². The average molecular weight is 656 g/mol. The fraction of sp³-hybridized carbons (Fsp3) is 0.378. The lowest BCUT2D eigenvalue weighted by Crippen LogP contribution is -2.16. The number of carbonyl (C=O) groups is 3. The number of nitrogens with two attached hydrogens (primary N) is 1. The monoisotopic (exact) mass is 655 g/mol. The van der Waals surface area contributed by atoms with E-state index in [9.17, 15) is 24.6 Å². The molecule has 0 saturated carbocycles. The summed E-state index contributed by atoms with van der Waals surface area (Å²) >= 11 is 0. The number of aliphatic carboxylic acids is 2. The number of amides is 1. The molecule has 0 radical (unpaired) electrons. The number of aromatic nitrogens is 4. The van der Waals surface area contributed by atoms with Gasteiger partial charge in [0, 0.05) is 42.0 Å². The number of hydrogen-bond acceptors (Lipinski definition) is 6. The summed E-state index contributed by atoms with van der Waals surface area (Å²) in [6.07, 6.45) is 2.37. The number of ether oxygens (including phenoxy) is 1. The number of nitrogens with zero attached hydrogens (tertiary/aromatic N) is 2. The van der Waals surface area contributed by atoms with Gasteiger partial charge in [0.2, 0.25) is 5.91 Å². The Bertz CT molecular complexity index is 2000. The van der Waals surface area contributed by atoms with Crippen LogP contribution >= 0.6 is 0 Å². The van der Waals surface area contributed by atoms with Crippen LogP contribution in [-0.2, 0) is 32.0 Å². The SMILES string of the molecule is CCc1c(C)c2cc3[nH]c(cc4nc(cc5nc(cc1[nH]2)C(C)=C5CCC(=O)O)C(CCC(=O)O)=C4C)c(C)c3CC.COCC(N)=O. The van der Waals surface area contributed by atoms with Crippen LogP contribution in [0.3, 0.4) is 0 Å². The third kappa shape index (κ3) is 7.74. The number of carbonyl (C=O) groups excluding carboxylic acids is 1. The predicted octanol–water partition coefficient (Wildman–Crippen LogP) is 6.77. The summed E-state index contributed by atoms with van der Waals surface area (Å²) in [5, 5.41) is 18.9. The molecule has 0 aliphatic carbocycles. The topological polar surface area (TPSA) is 184 Å². The number of aromatic amines is 2. The van der Waals surface area contributed by atoms with Crippen molar-refractivity contribution in [2.45, 2.75) is 80.1 Å². The van der Waals surface area contributed by atoms with Gasteiger partial charge in [0.1, 0.15) is 6.61 Å². The molecule has 2 aliphatic heterocycles. The van der Waals surface area contributed by atoms with Gasteiger partial charge in [0.25, 0.3) is 0 Å². The number of aryl methyl sites for hydroxylation is 4. The second-order valence-electron chi connectivity index (χ2n) is 12.1. The van der Waals surface area contributed by atoms with Gasteiger partial charge in [0.05, 0.1) is 22.8 Å². The van der Waals surface area contributed by atoms with Crippen LogP contribution in [0.15, 0.2) is 24.3 Å². The van der Waals surface area contributed by atoms with E-state index in [0.717, 1.165) is 74.2 Å². The average Bonchev–Trinajstić information content (AvgIpc) is 3.68. The zero-order valence-electron chi connectivity index (χ0n) is 28.8. The third-order valence-corrected chi connectivity index (χ3v) is 8.97. The summed E-state index contributed by atoms with van der Waals surface area (Å²) in [7, 11) is 1.42. The Morgan fingerprint density at radius 3 is 1.48 bits per heavy atom. The molecule has 5 rings (SSSR count). The second kappa shape index (κ2) is 15.2. The van der Waals surface area contributed by atoms with E-state index in [1.807, 2.05) is 26.0 Å². The van der Waals surface area contributed by atoms with Gasteiger partial charge < -0.3 is 30.7 Å². The van der Waals surface area contributed by atoms with Crippen molar-refractivity contribution >= 4 is 62.2 Å². The van der Waals surface area contributed by atoms with E-state index in [2.05, 4.69) is 60.3 Å². The van der Waals surface area contributed by atoms with Crippen LogP contribution in [0.2, 0.25) is 0 Å². The zero-order valence-corrected chi connectivity index (χ0v) is 28.8. The molecule has 0 saturated heterocycles. The summed E-state index contributed by atoms with van der Waals surface area (Å²) in [5.41, 5.74) is 20.0. The molecule has 5 heterocycles. The number of H-pyrrole nitrogens is 2. The molecule has 1 amide bonds. The fourth-order valence-electron chi connectivity index (χ4n) is 6.36. The van der Waals surface area contributed by atoms with Crippen LogP contribution in [-0.4, -0.2) is 61.7 Å². The molecule has 0 unspecified atom stereocenters. The molecule has 11 heteroatoms. The molecule has 0 atom stereocenters. The number of nitrogens with one attached hydrogen (secondary N) is 2. The third-order valence-electron chi connectivity index (χ3n) is 8.97. The summed E-state index contributed by atoms with van der Waals surface area (Å²) in [4.78, 5) is 50.0. The molecule has 11 nitrogen and oxygen atoms in total. The lowest BCUT2D eigenvalue weighted by atomic mass is 9.98. The molecule has 3 aromatic heterocycles. The van der Waals surface area contributed by atoms with Gasteiger partial charge in [-0.25, -0.2) is 9.97 Å². The standard InChI is InChI=1S/C34H38N4O4.C3H7NO2/c1-7-21-17(3)25-13-26-19(5)23(9-11-33(39)40)31(37-26)16-32-24(10-12-34(41)42)20(6)28(38-32)15-30-22(8-2)18(4)27(36-30)14-29(21)35-25;1-6-2-3(4)5/h13-16,35-36H,7-12H2,1-6H3,(H,39,40)(H,41,42);2H2,1H3,(H2,4,5). The Labute approximate surface area is 280 Å². The Balaban J connectivity index is 0.000000794. The summed E-state index contributed by atoms with van der Waals surface area (Å²) in [6, 6.07) is 8.19. The highest BCUT2D eigenvalue weighted by Gasteiger charge is 2.22. The normalized spacial score (nSPS) is 12.6. The summed E-state index contributed by atoms with van der Waals surface area (Å²) in [6.45, 7) is 12.5.